The van der Waals surface area contributed by atoms with Gasteiger partial charge in [-0.05, 0) is 38.1 Å². The Kier molecular flexibility index (Phi) is 8.36. The van der Waals surface area contributed by atoms with Gasteiger partial charge in [-0.2, -0.15) is 0 Å². The van der Waals surface area contributed by atoms with Gasteiger partial charge >= 0.3 is 0 Å². The van der Waals surface area contributed by atoms with Crippen molar-refractivity contribution < 1.29 is 4.79 Å². The number of hydrogen-bond acceptors (Lipinski definition) is 2. The van der Waals surface area contributed by atoms with Crippen molar-refractivity contribution in [1.29, 1.82) is 0 Å². The zero-order valence-corrected chi connectivity index (χ0v) is 12.6. The summed E-state index contributed by atoms with van der Waals surface area (Å²) in [6.07, 6.45) is 0.619. The summed E-state index contributed by atoms with van der Waals surface area (Å²) in [5, 5.41) is 6.92. The molecule has 2 N–H and O–H groups in total. The molecular formula is C12H17Cl3N2O. The van der Waals surface area contributed by atoms with Crippen molar-refractivity contribution in [1.82, 2.24) is 10.6 Å². The summed E-state index contributed by atoms with van der Waals surface area (Å²) in [6.45, 7) is 2.23. The van der Waals surface area contributed by atoms with Crippen molar-refractivity contribution in [2.24, 2.45) is 0 Å². The SMILES string of the molecule is CNCC(=O)NC(C)Cc1c(Cl)cccc1Cl.Cl. The van der Waals surface area contributed by atoms with Crippen molar-refractivity contribution in [3.8, 4) is 0 Å². The van der Waals surface area contributed by atoms with Gasteiger partial charge in [0.2, 0.25) is 5.91 Å². The van der Waals surface area contributed by atoms with Gasteiger partial charge in [0.05, 0.1) is 6.54 Å². The van der Waals surface area contributed by atoms with Crippen LogP contribution in [0.2, 0.25) is 10.0 Å². The molecule has 1 aromatic rings. The maximum Gasteiger partial charge on any atom is 0.234 e. The molecule has 1 atom stereocenters. The monoisotopic (exact) mass is 310 g/mol. The minimum absolute atomic E-state index is 0. The van der Waals surface area contributed by atoms with Crippen LogP contribution < -0.4 is 10.6 Å². The molecule has 1 rings (SSSR count). The first-order valence-electron chi connectivity index (χ1n) is 5.41. The fourth-order valence-corrected chi connectivity index (χ4v) is 2.12. The number of rotatable bonds is 5. The van der Waals surface area contributed by atoms with Crippen molar-refractivity contribution >= 4 is 41.5 Å². The van der Waals surface area contributed by atoms with Crippen LogP contribution in [0.15, 0.2) is 18.2 Å². The van der Waals surface area contributed by atoms with Gasteiger partial charge in [0.25, 0.3) is 0 Å². The predicted octanol–water partition coefficient (Wildman–Crippen LogP) is 2.68. The van der Waals surface area contributed by atoms with Crippen LogP contribution in [0.4, 0.5) is 0 Å². The molecule has 0 radical (unpaired) electrons. The summed E-state index contributed by atoms with van der Waals surface area (Å²) < 4.78 is 0. The molecule has 0 aliphatic rings. The number of likely N-dealkylation sites (N-methyl/N-ethyl adjacent to an activating group) is 1. The molecule has 0 spiro atoms. The van der Waals surface area contributed by atoms with E-state index in [1.54, 1.807) is 25.2 Å². The highest BCUT2D eigenvalue weighted by Gasteiger charge is 2.12. The molecule has 0 aromatic heterocycles. The molecule has 1 aromatic carbocycles. The van der Waals surface area contributed by atoms with Crippen molar-refractivity contribution in [2.45, 2.75) is 19.4 Å². The van der Waals surface area contributed by atoms with E-state index in [0.717, 1.165) is 5.56 Å². The number of halogens is 3. The van der Waals surface area contributed by atoms with Crippen LogP contribution in [-0.2, 0) is 11.2 Å². The zero-order chi connectivity index (χ0) is 12.8. The summed E-state index contributed by atoms with van der Waals surface area (Å²) in [5.41, 5.74) is 0.869. The zero-order valence-electron chi connectivity index (χ0n) is 10.3. The van der Waals surface area contributed by atoms with Crippen LogP contribution in [0.3, 0.4) is 0 Å². The van der Waals surface area contributed by atoms with Gasteiger partial charge in [0, 0.05) is 16.1 Å². The first-order chi connectivity index (χ1) is 8.04. The van der Waals surface area contributed by atoms with Crippen LogP contribution in [-0.4, -0.2) is 25.5 Å². The maximum absolute atomic E-state index is 11.4. The summed E-state index contributed by atoms with van der Waals surface area (Å²) in [7, 11) is 1.73. The van der Waals surface area contributed by atoms with E-state index in [0.29, 0.717) is 23.0 Å². The van der Waals surface area contributed by atoms with Gasteiger partial charge in [-0.3, -0.25) is 4.79 Å². The first kappa shape index (κ1) is 17.5. The fraction of sp³-hybridized carbons (Fsp3) is 0.417. The van der Waals surface area contributed by atoms with Gasteiger partial charge in [0.15, 0.2) is 0 Å². The van der Waals surface area contributed by atoms with Crippen LogP contribution in [0.1, 0.15) is 12.5 Å². The lowest BCUT2D eigenvalue weighted by Gasteiger charge is -2.15. The smallest absolute Gasteiger partial charge is 0.234 e. The first-order valence-corrected chi connectivity index (χ1v) is 6.17. The number of carbonyl (C=O) groups excluding carboxylic acids is 1. The molecule has 102 valence electrons. The Labute approximate surface area is 124 Å². The standard InChI is InChI=1S/C12H16Cl2N2O.ClH/c1-8(16-12(17)7-15-2)6-9-10(13)4-3-5-11(9)14;/h3-5,8,15H,6-7H2,1-2H3,(H,16,17);1H. The molecule has 0 heterocycles. The Balaban J connectivity index is 0.00000289. The van der Waals surface area contributed by atoms with Crippen LogP contribution in [0, 0.1) is 0 Å². The molecule has 0 saturated heterocycles. The third-order valence-electron chi connectivity index (χ3n) is 2.32. The Morgan fingerprint density at radius 1 is 1.33 bits per heavy atom. The normalized spacial score (nSPS) is 11.6. The average Bonchev–Trinajstić information content (AvgIpc) is 2.24. The predicted molar refractivity (Wildman–Crippen MR) is 78.9 cm³/mol. The van der Waals surface area contributed by atoms with Crippen molar-refractivity contribution in [3.63, 3.8) is 0 Å². The molecule has 6 heteroatoms. The van der Waals surface area contributed by atoms with E-state index in [2.05, 4.69) is 10.6 Å². The van der Waals surface area contributed by atoms with Crippen molar-refractivity contribution in [2.75, 3.05) is 13.6 Å². The largest absolute Gasteiger partial charge is 0.352 e. The lowest BCUT2D eigenvalue weighted by Crippen LogP contribution is -2.39. The third kappa shape index (κ3) is 5.44. The number of benzene rings is 1. The van der Waals surface area contributed by atoms with Crippen LogP contribution in [0.5, 0.6) is 0 Å². The Bertz CT molecular complexity index is 379. The van der Waals surface area contributed by atoms with Gasteiger partial charge in [-0.25, -0.2) is 0 Å². The number of nitrogens with one attached hydrogen (secondary N) is 2. The van der Waals surface area contributed by atoms with Crippen LogP contribution in [0.25, 0.3) is 0 Å². The molecular weight excluding hydrogens is 295 g/mol. The highest BCUT2D eigenvalue weighted by molar-refractivity contribution is 6.36. The average molecular weight is 312 g/mol. The summed E-state index contributed by atoms with van der Waals surface area (Å²) in [6, 6.07) is 5.39. The molecule has 1 amide bonds. The van der Waals surface area contributed by atoms with E-state index < -0.39 is 0 Å². The quantitative estimate of drug-likeness (QED) is 0.878. The van der Waals surface area contributed by atoms with E-state index in [-0.39, 0.29) is 24.4 Å². The topological polar surface area (TPSA) is 41.1 Å². The second-order valence-corrected chi connectivity index (χ2v) is 4.72. The maximum atomic E-state index is 11.4. The van der Waals surface area contributed by atoms with Gasteiger partial charge < -0.3 is 10.6 Å². The molecule has 0 aliphatic carbocycles. The second-order valence-electron chi connectivity index (χ2n) is 3.90. The number of amides is 1. The second kappa shape index (κ2) is 8.59. The van der Waals surface area contributed by atoms with E-state index in [1.807, 2.05) is 6.92 Å². The molecule has 1 unspecified atom stereocenters. The van der Waals surface area contributed by atoms with E-state index in [1.165, 1.54) is 0 Å². The molecule has 18 heavy (non-hydrogen) atoms. The van der Waals surface area contributed by atoms with Gasteiger partial charge in [-0.1, -0.05) is 29.3 Å². The van der Waals surface area contributed by atoms with Gasteiger partial charge in [-0.15, -0.1) is 12.4 Å². The Morgan fingerprint density at radius 3 is 2.39 bits per heavy atom. The molecule has 3 nitrogen and oxygen atoms in total. The minimum atomic E-state index is -0.0387. The van der Waals surface area contributed by atoms with Gasteiger partial charge in [0.1, 0.15) is 0 Å². The minimum Gasteiger partial charge on any atom is -0.352 e. The fourth-order valence-electron chi connectivity index (χ4n) is 1.57. The molecule has 0 fully saturated rings. The van der Waals surface area contributed by atoms with Crippen molar-refractivity contribution in [3.05, 3.63) is 33.8 Å². The van der Waals surface area contributed by atoms with E-state index in [4.69, 9.17) is 23.2 Å². The third-order valence-corrected chi connectivity index (χ3v) is 3.02. The Morgan fingerprint density at radius 2 is 1.89 bits per heavy atom. The van der Waals surface area contributed by atoms with E-state index >= 15 is 0 Å². The molecule has 0 aliphatic heterocycles. The molecule has 0 saturated carbocycles. The number of carbonyl (C=O) groups is 1. The lowest BCUT2D eigenvalue weighted by molar-refractivity contribution is -0.120. The lowest BCUT2D eigenvalue weighted by atomic mass is 10.1. The summed E-state index contributed by atoms with van der Waals surface area (Å²) >= 11 is 12.1. The van der Waals surface area contributed by atoms with E-state index in [9.17, 15) is 4.79 Å². The summed E-state index contributed by atoms with van der Waals surface area (Å²) in [5.74, 6) is -0.0387. The van der Waals surface area contributed by atoms with Crippen LogP contribution >= 0.6 is 35.6 Å². The summed E-state index contributed by atoms with van der Waals surface area (Å²) in [4.78, 5) is 11.4. The molecule has 0 bridgehead atoms. The number of hydrogen-bond donors (Lipinski definition) is 2. The highest BCUT2D eigenvalue weighted by Crippen LogP contribution is 2.25. The Hall–Kier alpha value is -0.480. The highest BCUT2D eigenvalue weighted by atomic mass is 35.5.